The van der Waals surface area contributed by atoms with Crippen LogP contribution in [-0.4, -0.2) is 34.2 Å². The van der Waals surface area contributed by atoms with Crippen LogP contribution >= 0.6 is 11.6 Å². The number of rotatable bonds is 7. The molecule has 27 heavy (non-hydrogen) atoms. The summed E-state index contributed by atoms with van der Waals surface area (Å²) in [6.45, 7) is 3.40. The van der Waals surface area contributed by atoms with Crippen molar-refractivity contribution in [2.75, 3.05) is 18.9 Å². The summed E-state index contributed by atoms with van der Waals surface area (Å²) in [6.07, 6.45) is 0. The number of aryl methyl sites for hydroxylation is 1. The van der Waals surface area contributed by atoms with Gasteiger partial charge in [0.15, 0.2) is 0 Å². The van der Waals surface area contributed by atoms with Crippen molar-refractivity contribution in [3.05, 3.63) is 82.6 Å². The number of carbonyl (C=O) groups excluding carboxylic acids is 1. The molecule has 0 aliphatic carbocycles. The topological polar surface area (TPSA) is 50.2 Å². The largest absolute Gasteiger partial charge is 0.325 e. The van der Waals surface area contributed by atoms with Crippen LogP contribution in [0.4, 0.5) is 5.69 Å². The number of anilines is 1. The highest BCUT2D eigenvalue weighted by atomic mass is 35.5. The number of hydrogen-bond acceptors (Lipinski definition) is 3. The highest BCUT2D eigenvalue weighted by molar-refractivity contribution is 6.30. The zero-order valence-corrected chi connectivity index (χ0v) is 16.3. The molecule has 0 aliphatic rings. The fourth-order valence-corrected chi connectivity index (χ4v) is 3.22. The number of nitrogens with one attached hydrogen (secondary N) is 1. The Labute approximate surface area is 164 Å². The molecule has 0 spiro atoms. The monoisotopic (exact) mass is 382 g/mol. The Bertz CT molecular complexity index is 893. The van der Waals surface area contributed by atoms with E-state index in [2.05, 4.69) is 10.4 Å². The molecule has 0 radical (unpaired) electrons. The third-order valence-corrected chi connectivity index (χ3v) is 4.68. The van der Waals surface area contributed by atoms with E-state index in [4.69, 9.17) is 11.6 Å². The van der Waals surface area contributed by atoms with E-state index in [0.29, 0.717) is 18.2 Å². The number of likely N-dealkylation sites (N-methyl/N-ethyl adjacent to an activating group) is 1. The number of carbonyl (C=O) groups is 1. The summed E-state index contributed by atoms with van der Waals surface area (Å²) in [5, 5.41) is 8.07. The van der Waals surface area contributed by atoms with Crippen molar-refractivity contribution in [3.63, 3.8) is 0 Å². The maximum atomic E-state index is 12.2. The lowest BCUT2D eigenvalue weighted by Crippen LogP contribution is -2.30. The molecule has 0 fully saturated rings. The minimum Gasteiger partial charge on any atom is -0.325 e. The molecule has 0 saturated carbocycles. The Balaban J connectivity index is 1.62. The summed E-state index contributed by atoms with van der Waals surface area (Å²) in [5.41, 5.74) is 3.76. The normalized spacial score (nSPS) is 11.0. The molecule has 6 heteroatoms. The fourth-order valence-electron chi connectivity index (χ4n) is 2.92. The molecular formula is C21H23ClN4O. The molecule has 3 rings (SSSR count). The third-order valence-electron chi connectivity index (χ3n) is 4.26. The first-order valence-corrected chi connectivity index (χ1v) is 9.20. The molecule has 1 aromatic heterocycles. The van der Waals surface area contributed by atoms with E-state index in [9.17, 15) is 4.79 Å². The molecule has 1 heterocycles. The van der Waals surface area contributed by atoms with Gasteiger partial charge in [-0.05, 0) is 31.7 Å². The first-order chi connectivity index (χ1) is 13.0. The van der Waals surface area contributed by atoms with E-state index >= 15 is 0 Å². The zero-order chi connectivity index (χ0) is 19.2. The van der Waals surface area contributed by atoms with Crippen LogP contribution in [0.2, 0.25) is 5.15 Å². The van der Waals surface area contributed by atoms with Crippen molar-refractivity contribution in [3.8, 4) is 0 Å². The van der Waals surface area contributed by atoms with Gasteiger partial charge in [0.25, 0.3) is 0 Å². The van der Waals surface area contributed by atoms with Crippen LogP contribution in [0.1, 0.15) is 16.8 Å². The average molecular weight is 383 g/mol. The molecule has 140 valence electrons. The molecule has 2 aromatic carbocycles. The van der Waals surface area contributed by atoms with Gasteiger partial charge in [-0.3, -0.25) is 9.69 Å². The van der Waals surface area contributed by atoms with E-state index in [-0.39, 0.29) is 12.5 Å². The standard InChI is InChI=1S/C21H23ClN4O/c1-16-19(21(22)26(24-16)13-17-9-5-3-6-10-17)14-25(2)15-20(27)23-18-11-7-4-8-12-18/h3-12H,13-15H2,1-2H3,(H,23,27). The summed E-state index contributed by atoms with van der Waals surface area (Å²) in [5.74, 6) is -0.0610. The molecule has 0 aliphatic heterocycles. The van der Waals surface area contributed by atoms with Crippen molar-refractivity contribution in [2.24, 2.45) is 0 Å². The van der Waals surface area contributed by atoms with Crippen LogP contribution in [0.3, 0.4) is 0 Å². The number of aromatic nitrogens is 2. The quantitative estimate of drug-likeness (QED) is 0.672. The van der Waals surface area contributed by atoms with Crippen LogP contribution in [0.15, 0.2) is 60.7 Å². The molecule has 0 saturated heterocycles. The van der Waals surface area contributed by atoms with Crippen molar-refractivity contribution in [2.45, 2.75) is 20.0 Å². The number of para-hydroxylation sites is 1. The van der Waals surface area contributed by atoms with Gasteiger partial charge in [0.1, 0.15) is 5.15 Å². The van der Waals surface area contributed by atoms with Crippen LogP contribution in [0, 0.1) is 6.92 Å². The van der Waals surface area contributed by atoms with Gasteiger partial charge >= 0.3 is 0 Å². The molecule has 0 bridgehead atoms. The Morgan fingerprint density at radius 2 is 1.74 bits per heavy atom. The van der Waals surface area contributed by atoms with Gasteiger partial charge in [0, 0.05) is 17.8 Å². The number of hydrogen-bond donors (Lipinski definition) is 1. The van der Waals surface area contributed by atoms with Gasteiger partial charge in [-0.1, -0.05) is 60.1 Å². The van der Waals surface area contributed by atoms with Gasteiger partial charge in [-0.15, -0.1) is 0 Å². The van der Waals surface area contributed by atoms with E-state index in [0.717, 1.165) is 22.5 Å². The molecule has 3 aromatic rings. The first kappa shape index (κ1) is 19.1. The summed E-state index contributed by atoms with van der Waals surface area (Å²) in [7, 11) is 1.90. The summed E-state index contributed by atoms with van der Waals surface area (Å²) < 4.78 is 1.80. The molecule has 0 unspecified atom stereocenters. The average Bonchev–Trinajstić information content (AvgIpc) is 2.90. The predicted molar refractivity (Wildman–Crippen MR) is 109 cm³/mol. The minimum atomic E-state index is -0.0610. The SMILES string of the molecule is Cc1nn(Cc2ccccc2)c(Cl)c1CN(C)CC(=O)Nc1ccccc1. The smallest absolute Gasteiger partial charge is 0.238 e. The van der Waals surface area contributed by atoms with Crippen LogP contribution in [0.5, 0.6) is 0 Å². The summed E-state index contributed by atoms with van der Waals surface area (Å²) in [6, 6.07) is 19.5. The lowest BCUT2D eigenvalue weighted by atomic mass is 10.2. The van der Waals surface area contributed by atoms with Gasteiger partial charge in [0.2, 0.25) is 5.91 Å². The highest BCUT2D eigenvalue weighted by Crippen LogP contribution is 2.22. The van der Waals surface area contributed by atoms with E-state index in [1.165, 1.54) is 0 Å². The lowest BCUT2D eigenvalue weighted by molar-refractivity contribution is -0.117. The maximum Gasteiger partial charge on any atom is 0.238 e. The molecule has 1 amide bonds. The summed E-state index contributed by atoms with van der Waals surface area (Å²) >= 11 is 6.56. The second kappa shape index (κ2) is 8.84. The molecule has 5 nitrogen and oxygen atoms in total. The third kappa shape index (κ3) is 5.18. The molecule has 1 N–H and O–H groups in total. The highest BCUT2D eigenvalue weighted by Gasteiger charge is 2.16. The van der Waals surface area contributed by atoms with Crippen molar-refractivity contribution < 1.29 is 4.79 Å². The van der Waals surface area contributed by atoms with Crippen LogP contribution in [-0.2, 0) is 17.9 Å². The van der Waals surface area contributed by atoms with Gasteiger partial charge in [-0.25, -0.2) is 4.68 Å². The fraction of sp³-hybridized carbons (Fsp3) is 0.238. The maximum absolute atomic E-state index is 12.2. The van der Waals surface area contributed by atoms with E-state index in [1.54, 1.807) is 4.68 Å². The van der Waals surface area contributed by atoms with Gasteiger partial charge < -0.3 is 5.32 Å². The van der Waals surface area contributed by atoms with Crippen molar-refractivity contribution in [1.82, 2.24) is 14.7 Å². The van der Waals surface area contributed by atoms with Crippen LogP contribution in [0.25, 0.3) is 0 Å². The second-order valence-corrected chi connectivity index (χ2v) is 6.94. The first-order valence-electron chi connectivity index (χ1n) is 8.82. The van der Waals surface area contributed by atoms with Gasteiger partial charge in [-0.2, -0.15) is 5.10 Å². The van der Waals surface area contributed by atoms with Gasteiger partial charge in [0.05, 0.1) is 18.8 Å². The Hall–Kier alpha value is -2.63. The van der Waals surface area contributed by atoms with Crippen molar-refractivity contribution in [1.29, 1.82) is 0 Å². The van der Waals surface area contributed by atoms with E-state index < -0.39 is 0 Å². The molecule has 0 atom stereocenters. The number of nitrogens with zero attached hydrogens (tertiary/aromatic N) is 3. The minimum absolute atomic E-state index is 0.0610. The Morgan fingerprint density at radius 3 is 2.41 bits per heavy atom. The lowest BCUT2D eigenvalue weighted by Gasteiger charge is -2.16. The number of halogens is 1. The molecular weight excluding hydrogens is 360 g/mol. The Morgan fingerprint density at radius 1 is 1.11 bits per heavy atom. The Kier molecular flexibility index (Phi) is 6.27. The number of benzene rings is 2. The van der Waals surface area contributed by atoms with Crippen LogP contribution < -0.4 is 5.32 Å². The second-order valence-electron chi connectivity index (χ2n) is 6.58. The zero-order valence-electron chi connectivity index (χ0n) is 15.5. The predicted octanol–water partition coefficient (Wildman–Crippen LogP) is 3.96. The summed E-state index contributed by atoms with van der Waals surface area (Å²) in [4.78, 5) is 14.2. The van der Waals surface area contributed by atoms with E-state index in [1.807, 2.05) is 79.5 Å². The van der Waals surface area contributed by atoms with Crippen molar-refractivity contribution >= 4 is 23.2 Å². The number of amides is 1.